The molecule has 18 heavy (non-hydrogen) atoms. The number of benzene rings is 1. The highest BCUT2D eigenvalue weighted by atomic mass is 16.2. The van der Waals surface area contributed by atoms with Crippen molar-refractivity contribution in [3.63, 3.8) is 0 Å². The first-order valence-electron chi connectivity index (χ1n) is 5.43. The zero-order valence-electron chi connectivity index (χ0n) is 9.74. The molecule has 0 unspecified atom stereocenters. The van der Waals surface area contributed by atoms with Gasteiger partial charge < -0.3 is 5.73 Å². The van der Waals surface area contributed by atoms with Gasteiger partial charge in [-0.15, -0.1) is 0 Å². The first kappa shape index (κ1) is 10.5. The van der Waals surface area contributed by atoms with Gasteiger partial charge in [0.15, 0.2) is 0 Å². The Labute approximate surface area is 103 Å². The molecule has 0 bridgehead atoms. The van der Waals surface area contributed by atoms with Crippen molar-refractivity contribution in [2.24, 2.45) is 7.05 Å². The number of aryl methyl sites for hydroxylation is 1. The monoisotopic (exact) mass is 241 g/mol. The number of anilines is 1. The maximum absolute atomic E-state index is 12.3. The Morgan fingerprint density at radius 2 is 2.11 bits per heavy atom. The first-order chi connectivity index (χ1) is 8.66. The van der Waals surface area contributed by atoms with Gasteiger partial charge in [0.25, 0.3) is 5.91 Å². The normalized spacial score (nSPS) is 10.9. The quantitative estimate of drug-likeness (QED) is 0.646. The van der Waals surface area contributed by atoms with Gasteiger partial charge in [0.1, 0.15) is 5.69 Å². The van der Waals surface area contributed by atoms with E-state index in [1.807, 2.05) is 0 Å². The molecule has 1 aromatic carbocycles. The molecule has 3 aromatic rings. The fraction of sp³-hybridized carbons (Fsp3) is 0.0833. The number of carbonyl (C=O) groups excluding carboxylic acids is 1. The van der Waals surface area contributed by atoms with E-state index < -0.39 is 0 Å². The second-order valence-electron chi connectivity index (χ2n) is 4.02. The molecule has 2 aromatic heterocycles. The molecule has 0 saturated heterocycles. The number of hydrogen-bond acceptors (Lipinski definition) is 4. The lowest BCUT2D eigenvalue weighted by Gasteiger charge is -2.02. The summed E-state index contributed by atoms with van der Waals surface area (Å²) in [7, 11) is 1.72. The molecule has 90 valence electrons. The Balaban J connectivity index is 2.16. The van der Waals surface area contributed by atoms with Crippen LogP contribution in [-0.2, 0) is 7.05 Å². The number of aromatic nitrogens is 4. The Morgan fingerprint density at radius 1 is 1.28 bits per heavy atom. The van der Waals surface area contributed by atoms with Crippen molar-refractivity contribution in [2.45, 2.75) is 0 Å². The van der Waals surface area contributed by atoms with Crippen LogP contribution in [0, 0.1) is 0 Å². The highest BCUT2D eigenvalue weighted by molar-refractivity contribution is 6.00. The predicted octanol–water partition coefficient (Wildman–Crippen LogP) is 1.04. The van der Waals surface area contributed by atoms with E-state index in [9.17, 15) is 4.79 Å². The highest BCUT2D eigenvalue weighted by Gasteiger charge is 2.15. The minimum absolute atomic E-state index is 0.213. The molecular formula is C12H11N5O. The molecule has 0 fully saturated rings. The Bertz CT molecular complexity index is 740. The molecular weight excluding hydrogens is 230 g/mol. The summed E-state index contributed by atoms with van der Waals surface area (Å²) in [6, 6.07) is 6.98. The lowest BCUT2D eigenvalue weighted by atomic mass is 10.2. The van der Waals surface area contributed by atoms with Crippen LogP contribution in [0.2, 0.25) is 0 Å². The summed E-state index contributed by atoms with van der Waals surface area (Å²) in [6.45, 7) is 0. The fourth-order valence-corrected chi connectivity index (χ4v) is 1.91. The Morgan fingerprint density at radius 3 is 2.83 bits per heavy atom. The SMILES string of the molecule is Cn1nccc1C(=O)n1ncc2cc(N)ccc21. The summed E-state index contributed by atoms with van der Waals surface area (Å²) < 4.78 is 2.87. The van der Waals surface area contributed by atoms with E-state index in [0.29, 0.717) is 11.4 Å². The summed E-state index contributed by atoms with van der Waals surface area (Å²) in [4.78, 5) is 12.3. The maximum atomic E-state index is 12.3. The van der Waals surface area contributed by atoms with Gasteiger partial charge in [-0.25, -0.2) is 0 Å². The van der Waals surface area contributed by atoms with E-state index in [4.69, 9.17) is 5.73 Å². The van der Waals surface area contributed by atoms with E-state index in [1.165, 1.54) is 9.36 Å². The number of nitrogen functional groups attached to an aromatic ring is 1. The van der Waals surface area contributed by atoms with Crippen molar-refractivity contribution < 1.29 is 4.79 Å². The Kier molecular flexibility index (Phi) is 2.16. The third kappa shape index (κ3) is 1.46. The van der Waals surface area contributed by atoms with Crippen molar-refractivity contribution in [3.05, 3.63) is 42.4 Å². The number of fused-ring (bicyclic) bond motifs is 1. The topological polar surface area (TPSA) is 78.7 Å². The van der Waals surface area contributed by atoms with Crippen LogP contribution in [0.3, 0.4) is 0 Å². The van der Waals surface area contributed by atoms with Gasteiger partial charge >= 0.3 is 0 Å². The number of nitrogens with two attached hydrogens (primary N) is 1. The summed E-state index contributed by atoms with van der Waals surface area (Å²) in [6.07, 6.45) is 3.21. The maximum Gasteiger partial charge on any atom is 0.296 e. The van der Waals surface area contributed by atoms with Gasteiger partial charge in [0.2, 0.25) is 0 Å². The third-order valence-electron chi connectivity index (χ3n) is 2.82. The molecule has 2 heterocycles. The number of carbonyl (C=O) groups is 1. The van der Waals surface area contributed by atoms with Crippen LogP contribution in [0.15, 0.2) is 36.7 Å². The molecule has 6 heteroatoms. The number of rotatable bonds is 1. The third-order valence-corrected chi connectivity index (χ3v) is 2.82. The van der Waals surface area contributed by atoms with Crippen molar-refractivity contribution in [1.82, 2.24) is 19.6 Å². The van der Waals surface area contributed by atoms with E-state index in [-0.39, 0.29) is 5.91 Å². The molecule has 0 atom stereocenters. The van der Waals surface area contributed by atoms with Crippen molar-refractivity contribution in [1.29, 1.82) is 0 Å². The Hall–Kier alpha value is -2.63. The van der Waals surface area contributed by atoms with Crippen molar-refractivity contribution >= 4 is 22.5 Å². The predicted molar refractivity (Wildman–Crippen MR) is 67.1 cm³/mol. The molecule has 0 aliphatic carbocycles. The molecule has 6 nitrogen and oxygen atoms in total. The van der Waals surface area contributed by atoms with Crippen LogP contribution in [0.5, 0.6) is 0 Å². The van der Waals surface area contributed by atoms with Crippen LogP contribution < -0.4 is 5.73 Å². The van der Waals surface area contributed by atoms with Crippen molar-refractivity contribution in [3.8, 4) is 0 Å². The molecule has 0 amide bonds. The molecule has 2 N–H and O–H groups in total. The van der Waals surface area contributed by atoms with Gasteiger partial charge in [0, 0.05) is 24.3 Å². The number of hydrogen-bond donors (Lipinski definition) is 1. The van der Waals surface area contributed by atoms with E-state index >= 15 is 0 Å². The minimum atomic E-state index is -0.213. The van der Waals surface area contributed by atoms with Gasteiger partial charge in [-0.2, -0.15) is 14.9 Å². The molecule has 3 rings (SSSR count). The second kappa shape index (κ2) is 3.69. The molecule has 0 aliphatic rings. The summed E-state index contributed by atoms with van der Waals surface area (Å²) in [5.74, 6) is -0.213. The van der Waals surface area contributed by atoms with Crippen LogP contribution in [0.4, 0.5) is 5.69 Å². The zero-order valence-corrected chi connectivity index (χ0v) is 9.74. The van der Waals surface area contributed by atoms with Crippen LogP contribution in [0.1, 0.15) is 10.5 Å². The van der Waals surface area contributed by atoms with Crippen LogP contribution in [-0.4, -0.2) is 25.5 Å². The van der Waals surface area contributed by atoms with Gasteiger partial charge in [-0.05, 0) is 24.3 Å². The molecule has 0 radical (unpaired) electrons. The summed E-state index contributed by atoms with van der Waals surface area (Å²) in [5.41, 5.74) is 7.56. The minimum Gasteiger partial charge on any atom is -0.399 e. The smallest absolute Gasteiger partial charge is 0.296 e. The molecule has 0 saturated carbocycles. The van der Waals surface area contributed by atoms with Crippen LogP contribution in [0.25, 0.3) is 10.9 Å². The largest absolute Gasteiger partial charge is 0.399 e. The standard InChI is InChI=1S/C12H11N5O/c1-16-11(4-5-14-16)12(18)17-10-3-2-9(13)6-8(10)7-15-17/h2-7H,13H2,1H3. The van der Waals surface area contributed by atoms with Gasteiger partial charge in [0.05, 0.1) is 11.7 Å². The van der Waals surface area contributed by atoms with Crippen molar-refractivity contribution in [2.75, 3.05) is 5.73 Å². The fourth-order valence-electron chi connectivity index (χ4n) is 1.91. The molecule has 0 aliphatic heterocycles. The first-order valence-corrected chi connectivity index (χ1v) is 5.43. The van der Waals surface area contributed by atoms with E-state index in [2.05, 4.69) is 10.2 Å². The number of nitrogens with zero attached hydrogens (tertiary/aromatic N) is 4. The zero-order chi connectivity index (χ0) is 12.7. The summed E-state index contributed by atoms with van der Waals surface area (Å²) in [5, 5.41) is 8.92. The van der Waals surface area contributed by atoms with Crippen LogP contribution >= 0.6 is 0 Å². The van der Waals surface area contributed by atoms with E-state index in [1.54, 1.807) is 43.7 Å². The van der Waals surface area contributed by atoms with E-state index in [0.717, 1.165) is 10.9 Å². The highest BCUT2D eigenvalue weighted by Crippen LogP contribution is 2.17. The average Bonchev–Trinajstić information content (AvgIpc) is 2.94. The second-order valence-corrected chi connectivity index (χ2v) is 4.02. The van der Waals surface area contributed by atoms with Gasteiger partial charge in [-0.1, -0.05) is 0 Å². The lowest BCUT2D eigenvalue weighted by Crippen LogP contribution is -2.17. The van der Waals surface area contributed by atoms with Gasteiger partial charge in [-0.3, -0.25) is 9.48 Å². The molecule has 0 spiro atoms. The average molecular weight is 241 g/mol. The lowest BCUT2D eigenvalue weighted by molar-refractivity contribution is 0.0941. The summed E-state index contributed by atoms with van der Waals surface area (Å²) >= 11 is 0.